The minimum absolute atomic E-state index is 0.341. The SMILES string of the molecule is C=CC(=O)OCCC.O=S(=O)(O)O. The highest BCUT2D eigenvalue weighted by molar-refractivity contribution is 7.79. The van der Waals surface area contributed by atoms with Crippen molar-refractivity contribution in [3.63, 3.8) is 0 Å². The largest absolute Gasteiger partial charge is 0.463 e. The summed E-state index contributed by atoms with van der Waals surface area (Å²) in [7, 11) is -4.67. The summed E-state index contributed by atoms with van der Waals surface area (Å²) in [6, 6.07) is 0. The third kappa shape index (κ3) is 35.4. The fourth-order valence-corrected chi connectivity index (χ4v) is 0.262. The van der Waals surface area contributed by atoms with Crippen LogP contribution < -0.4 is 0 Å². The van der Waals surface area contributed by atoms with Gasteiger partial charge in [0, 0.05) is 6.08 Å². The average molecular weight is 212 g/mol. The van der Waals surface area contributed by atoms with E-state index in [9.17, 15) is 4.79 Å². The molecule has 7 heteroatoms. The molecule has 13 heavy (non-hydrogen) atoms. The van der Waals surface area contributed by atoms with Gasteiger partial charge in [-0.15, -0.1) is 0 Å². The van der Waals surface area contributed by atoms with Crippen molar-refractivity contribution >= 4 is 16.4 Å². The van der Waals surface area contributed by atoms with Gasteiger partial charge in [-0.2, -0.15) is 8.42 Å². The van der Waals surface area contributed by atoms with Gasteiger partial charge in [-0.05, 0) is 6.42 Å². The summed E-state index contributed by atoms with van der Waals surface area (Å²) in [6.07, 6.45) is 2.02. The van der Waals surface area contributed by atoms with Crippen LogP contribution in [-0.4, -0.2) is 30.1 Å². The molecule has 0 aliphatic carbocycles. The Bertz CT molecular complexity index is 234. The van der Waals surface area contributed by atoms with Crippen LogP contribution in [0.1, 0.15) is 13.3 Å². The Morgan fingerprint density at radius 1 is 1.54 bits per heavy atom. The van der Waals surface area contributed by atoms with E-state index in [0.717, 1.165) is 12.5 Å². The molecule has 0 aliphatic rings. The molecule has 0 fully saturated rings. The number of carbonyl (C=O) groups excluding carboxylic acids is 1. The number of rotatable bonds is 3. The first-order valence-electron chi connectivity index (χ1n) is 3.30. The third-order valence-corrected chi connectivity index (χ3v) is 0.615. The lowest BCUT2D eigenvalue weighted by Gasteiger charge is -1.94. The van der Waals surface area contributed by atoms with Crippen LogP contribution >= 0.6 is 0 Å². The molecule has 0 bridgehead atoms. The molecule has 0 radical (unpaired) electrons. The van der Waals surface area contributed by atoms with Crippen molar-refractivity contribution < 1.29 is 27.1 Å². The summed E-state index contributed by atoms with van der Waals surface area (Å²) in [5.74, 6) is -0.341. The molecular weight excluding hydrogens is 200 g/mol. The second kappa shape index (κ2) is 7.71. The van der Waals surface area contributed by atoms with Gasteiger partial charge in [-0.25, -0.2) is 4.79 Å². The molecule has 0 aromatic carbocycles. The predicted molar refractivity (Wildman–Crippen MR) is 45.6 cm³/mol. The molecule has 0 spiro atoms. The van der Waals surface area contributed by atoms with Crippen LogP contribution in [0.5, 0.6) is 0 Å². The van der Waals surface area contributed by atoms with Crippen LogP contribution in [-0.2, 0) is 19.9 Å². The van der Waals surface area contributed by atoms with Gasteiger partial charge in [0.05, 0.1) is 6.61 Å². The Hall–Kier alpha value is -0.920. The van der Waals surface area contributed by atoms with E-state index >= 15 is 0 Å². The van der Waals surface area contributed by atoms with E-state index in [-0.39, 0.29) is 5.97 Å². The van der Waals surface area contributed by atoms with Gasteiger partial charge in [0.2, 0.25) is 0 Å². The van der Waals surface area contributed by atoms with Crippen molar-refractivity contribution in [3.05, 3.63) is 12.7 Å². The molecule has 0 heterocycles. The minimum atomic E-state index is -4.67. The summed E-state index contributed by atoms with van der Waals surface area (Å²) in [6.45, 7) is 5.67. The van der Waals surface area contributed by atoms with E-state index in [1.165, 1.54) is 0 Å². The molecule has 2 N–H and O–H groups in total. The summed E-state index contributed by atoms with van der Waals surface area (Å²) >= 11 is 0. The average Bonchev–Trinajstić information content (AvgIpc) is 1.97. The second-order valence-electron chi connectivity index (χ2n) is 1.82. The zero-order chi connectivity index (χ0) is 10.9. The quantitative estimate of drug-likeness (QED) is 0.400. The molecule has 0 rings (SSSR count). The number of hydrogen-bond donors (Lipinski definition) is 2. The lowest BCUT2D eigenvalue weighted by atomic mass is 10.5. The fourth-order valence-electron chi connectivity index (χ4n) is 0.262. The number of esters is 1. The highest BCUT2D eigenvalue weighted by atomic mass is 32.3. The van der Waals surface area contributed by atoms with E-state index in [1.807, 2.05) is 6.92 Å². The van der Waals surface area contributed by atoms with Crippen LogP contribution in [0.4, 0.5) is 0 Å². The summed E-state index contributed by atoms with van der Waals surface area (Å²) < 4.78 is 36.2. The molecule has 78 valence electrons. The molecule has 0 saturated heterocycles. The van der Waals surface area contributed by atoms with Crippen molar-refractivity contribution in [2.24, 2.45) is 0 Å². The van der Waals surface area contributed by atoms with Crippen LogP contribution in [0, 0.1) is 0 Å². The Morgan fingerprint density at radius 3 is 2.15 bits per heavy atom. The van der Waals surface area contributed by atoms with E-state index < -0.39 is 10.4 Å². The monoisotopic (exact) mass is 212 g/mol. The number of hydrogen-bond acceptors (Lipinski definition) is 4. The maximum atomic E-state index is 10.2. The first-order valence-corrected chi connectivity index (χ1v) is 4.70. The lowest BCUT2D eigenvalue weighted by Crippen LogP contribution is -1.99. The van der Waals surface area contributed by atoms with Gasteiger partial charge in [0.15, 0.2) is 0 Å². The zero-order valence-electron chi connectivity index (χ0n) is 7.13. The minimum Gasteiger partial charge on any atom is -0.463 e. The Kier molecular flexibility index (Phi) is 8.66. The zero-order valence-corrected chi connectivity index (χ0v) is 7.95. The van der Waals surface area contributed by atoms with Gasteiger partial charge in [-0.1, -0.05) is 13.5 Å². The van der Waals surface area contributed by atoms with Gasteiger partial charge in [0.1, 0.15) is 0 Å². The first-order chi connectivity index (χ1) is 5.81. The van der Waals surface area contributed by atoms with Crippen LogP contribution in [0.15, 0.2) is 12.7 Å². The Morgan fingerprint density at radius 2 is 1.92 bits per heavy atom. The molecule has 6 nitrogen and oxygen atoms in total. The van der Waals surface area contributed by atoms with Crippen molar-refractivity contribution in [2.75, 3.05) is 6.61 Å². The van der Waals surface area contributed by atoms with Gasteiger partial charge >= 0.3 is 16.4 Å². The smallest absolute Gasteiger partial charge is 0.394 e. The van der Waals surface area contributed by atoms with Gasteiger partial charge in [0.25, 0.3) is 0 Å². The summed E-state index contributed by atoms with van der Waals surface area (Å²) in [4.78, 5) is 10.2. The molecule has 0 aromatic heterocycles. The molecule has 0 aromatic rings. The molecular formula is C6H12O6S. The highest BCUT2D eigenvalue weighted by Gasteiger charge is 1.89. The summed E-state index contributed by atoms with van der Waals surface area (Å²) in [5.41, 5.74) is 0. The molecule has 0 aliphatic heterocycles. The van der Waals surface area contributed by atoms with E-state index in [2.05, 4.69) is 11.3 Å². The molecule has 0 saturated carbocycles. The Balaban J connectivity index is 0. The molecule has 0 amide bonds. The van der Waals surface area contributed by atoms with Crippen LogP contribution in [0.3, 0.4) is 0 Å². The van der Waals surface area contributed by atoms with Crippen molar-refractivity contribution in [2.45, 2.75) is 13.3 Å². The highest BCUT2D eigenvalue weighted by Crippen LogP contribution is 1.81. The lowest BCUT2D eigenvalue weighted by molar-refractivity contribution is -0.137. The van der Waals surface area contributed by atoms with Gasteiger partial charge in [-0.3, -0.25) is 9.11 Å². The van der Waals surface area contributed by atoms with E-state index in [1.54, 1.807) is 0 Å². The fraction of sp³-hybridized carbons (Fsp3) is 0.500. The summed E-state index contributed by atoms with van der Waals surface area (Å²) in [5, 5.41) is 0. The topological polar surface area (TPSA) is 101 Å². The van der Waals surface area contributed by atoms with Crippen LogP contribution in [0.2, 0.25) is 0 Å². The standard InChI is InChI=1S/C6H10O2.H2O4S/c1-3-5-8-6(7)4-2;1-5(2,3)4/h4H,2-3,5H2,1H3;(H2,1,2,3,4). The van der Waals surface area contributed by atoms with E-state index in [4.69, 9.17) is 17.5 Å². The third-order valence-electron chi connectivity index (χ3n) is 0.615. The Labute approximate surface area is 76.8 Å². The maximum Gasteiger partial charge on any atom is 0.394 e. The maximum absolute atomic E-state index is 10.2. The predicted octanol–water partition coefficient (Wildman–Crippen LogP) is 0.473. The molecule has 0 atom stereocenters. The number of ether oxygens (including phenoxy) is 1. The van der Waals surface area contributed by atoms with Crippen molar-refractivity contribution in [1.82, 2.24) is 0 Å². The normalized spacial score (nSPS) is 9.46. The first kappa shape index (κ1) is 14.6. The van der Waals surface area contributed by atoms with E-state index in [0.29, 0.717) is 6.61 Å². The number of carbonyl (C=O) groups is 1. The van der Waals surface area contributed by atoms with Crippen molar-refractivity contribution in [3.8, 4) is 0 Å². The second-order valence-corrected chi connectivity index (χ2v) is 2.72. The van der Waals surface area contributed by atoms with Crippen LogP contribution in [0.25, 0.3) is 0 Å². The van der Waals surface area contributed by atoms with Gasteiger partial charge < -0.3 is 4.74 Å². The van der Waals surface area contributed by atoms with Crippen molar-refractivity contribution in [1.29, 1.82) is 0 Å². The molecule has 0 unspecified atom stereocenters.